The Bertz CT molecular complexity index is 775. The largest absolute Gasteiger partial charge is 0.489 e. The van der Waals surface area contributed by atoms with E-state index < -0.39 is 5.41 Å². The Hall–Kier alpha value is -1.62. The molecule has 0 radical (unpaired) electrons. The highest BCUT2D eigenvalue weighted by Crippen LogP contribution is 2.30. The van der Waals surface area contributed by atoms with Gasteiger partial charge in [-0.1, -0.05) is 55.7 Å². The standard InChI is InChI=1S/C21H22Cl2O3S/c1-21(2,3)19(24)14-26-16-6-10-18(11-7-16)27-17-8-4-15(5-9-17)25-13-12-20(22)23/h4-12H,13-14H2,1-3H3. The molecule has 0 saturated heterocycles. The van der Waals surface area contributed by atoms with Gasteiger partial charge >= 0.3 is 0 Å². The zero-order chi connectivity index (χ0) is 19.9. The van der Waals surface area contributed by atoms with E-state index in [2.05, 4.69) is 0 Å². The van der Waals surface area contributed by atoms with Crippen LogP contribution >= 0.6 is 35.0 Å². The second kappa shape index (κ2) is 10.1. The van der Waals surface area contributed by atoms with Crippen molar-refractivity contribution in [3.05, 3.63) is 59.1 Å². The van der Waals surface area contributed by atoms with Gasteiger partial charge in [0.1, 0.15) is 29.2 Å². The molecule has 144 valence electrons. The van der Waals surface area contributed by atoms with Crippen molar-refractivity contribution in [2.75, 3.05) is 13.2 Å². The summed E-state index contributed by atoms with van der Waals surface area (Å²) in [6.07, 6.45) is 1.59. The molecule has 0 aliphatic rings. The number of halogens is 2. The molecule has 0 aliphatic carbocycles. The number of ketones is 1. The Balaban J connectivity index is 1.87. The zero-order valence-electron chi connectivity index (χ0n) is 15.5. The van der Waals surface area contributed by atoms with Gasteiger partial charge in [-0.3, -0.25) is 4.79 Å². The highest BCUT2D eigenvalue weighted by Gasteiger charge is 2.21. The summed E-state index contributed by atoms with van der Waals surface area (Å²) in [4.78, 5) is 14.1. The molecule has 2 rings (SSSR count). The molecule has 2 aromatic rings. The van der Waals surface area contributed by atoms with Crippen LogP contribution in [-0.4, -0.2) is 19.0 Å². The van der Waals surface area contributed by atoms with Crippen LogP contribution in [0.3, 0.4) is 0 Å². The normalized spacial score (nSPS) is 11.0. The van der Waals surface area contributed by atoms with Gasteiger partial charge in [0.25, 0.3) is 0 Å². The van der Waals surface area contributed by atoms with Crippen molar-refractivity contribution < 1.29 is 14.3 Å². The fourth-order valence-corrected chi connectivity index (χ4v) is 2.85. The predicted octanol–water partition coefficient (Wildman–Crippen LogP) is 6.53. The van der Waals surface area contributed by atoms with Crippen LogP contribution in [0, 0.1) is 5.41 Å². The van der Waals surface area contributed by atoms with Crippen molar-refractivity contribution in [2.24, 2.45) is 5.41 Å². The Morgan fingerprint density at radius 3 is 1.85 bits per heavy atom. The quantitative estimate of drug-likeness (QED) is 0.482. The van der Waals surface area contributed by atoms with Crippen molar-refractivity contribution >= 4 is 40.7 Å². The van der Waals surface area contributed by atoms with Crippen molar-refractivity contribution in [3.63, 3.8) is 0 Å². The molecule has 0 unspecified atom stereocenters. The van der Waals surface area contributed by atoms with Crippen LogP contribution in [0.1, 0.15) is 20.8 Å². The van der Waals surface area contributed by atoms with E-state index in [0.29, 0.717) is 12.4 Å². The third-order valence-electron chi connectivity index (χ3n) is 3.58. The molecule has 3 nitrogen and oxygen atoms in total. The first-order chi connectivity index (χ1) is 12.7. The summed E-state index contributed by atoms with van der Waals surface area (Å²) >= 11 is 12.7. The van der Waals surface area contributed by atoms with E-state index in [1.54, 1.807) is 17.8 Å². The van der Waals surface area contributed by atoms with Crippen molar-refractivity contribution in [1.82, 2.24) is 0 Å². The molecule has 6 heteroatoms. The van der Waals surface area contributed by atoms with Crippen LogP contribution in [0.4, 0.5) is 0 Å². The third kappa shape index (κ3) is 7.87. The average molecular weight is 425 g/mol. The van der Waals surface area contributed by atoms with E-state index in [9.17, 15) is 4.79 Å². The molecule has 0 fully saturated rings. The molecule has 0 heterocycles. The van der Waals surface area contributed by atoms with Gasteiger partial charge in [0.15, 0.2) is 5.78 Å². The van der Waals surface area contributed by atoms with E-state index in [1.165, 1.54) is 0 Å². The Labute approximate surface area is 174 Å². The van der Waals surface area contributed by atoms with Crippen molar-refractivity contribution in [1.29, 1.82) is 0 Å². The molecule has 27 heavy (non-hydrogen) atoms. The highest BCUT2D eigenvalue weighted by molar-refractivity contribution is 7.99. The fourth-order valence-electron chi connectivity index (χ4n) is 1.91. The number of hydrogen-bond acceptors (Lipinski definition) is 4. The lowest BCUT2D eigenvalue weighted by molar-refractivity contribution is -0.128. The summed E-state index contributed by atoms with van der Waals surface area (Å²) < 4.78 is 11.3. The molecule has 0 aliphatic heterocycles. The van der Waals surface area contributed by atoms with E-state index in [-0.39, 0.29) is 16.9 Å². The number of ether oxygens (including phenoxy) is 2. The number of rotatable bonds is 8. The summed E-state index contributed by atoms with van der Waals surface area (Å²) in [6.45, 7) is 6.07. The summed E-state index contributed by atoms with van der Waals surface area (Å²) in [5.41, 5.74) is -0.391. The van der Waals surface area contributed by atoms with Crippen LogP contribution in [0.25, 0.3) is 0 Å². The number of carbonyl (C=O) groups is 1. The number of benzene rings is 2. The molecule has 0 spiro atoms. The lowest BCUT2D eigenvalue weighted by atomic mass is 9.91. The Morgan fingerprint density at radius 1 is 0.926 bits per heavy atom. The lowest BCUT2D eigenvalue weighted by Gasteiger charge is -2.16. The minimum Gasteiger partial charge on any atom is -0.489 e. The number of carbonyl (C=O) groups excluding carboxylic acids is 1. The predicted molar refractivity (Wildman–Crippen MR) is 112 cm³/mol. The van der Waals surface area contributed by atoms with Crippen LogP contribution in [0.5, 0.6) is 11.5 Å². The summed E-state index contributed by atoms with van der Waals surface area (Å²) in [5.74, 6) is 1.51. The van der Waals surface area contributed by atoms with Crippen molar-refractivity contribution in [2.45, 2.75) is 30.6 Å². The highest BCUT2D eigenvalue weighted by atomic mass is 35.5. The van der Waals surface area contributed by atoms with Gasteiger partial charge in [0, 0.05) is 15.2 Å². The molecule has 0 bridgehead atoms. The molecule has 0 amide bonds. The SMILES string of the molecule is CC(C)(C)C(=O)COc1ccc(Sc2ccc(OCC=C(Cl)Cl)cc2)cc1. The van der Waals surface area contributed by atoms with Gasteiger partial charge in [-0.2, -0.15) is 0 Å². The lowest BCUT2D eigenvalue weighted by Crippen LogP contribution is -2.26. The molecular weight excluding hydrogens is 403 g/mol. The number of Topliss-reactive ketones (excluding diaryl/α,β-unsaturated/α-hetero) is 1. The van der Waals surface area contributed by atoms with E-state index in [1.807, 2.05) is 69.3 Å². The molecular formula is C21H22Cl2O3S. The smallest absolute Gasteiger partial charge is 0.175 e. The first-order valence-electron chi connectivity index (χ1n) is 8.42. The van der Waals surface area contributed by atoms with Gasteiger partial charge in [0.05, 0.1) is 0 Å². The average Bonchev–Trinajstić information content (AvgIpc) is 2.61. The fraction of sp³-hybridized carbons (Fsp3) is 0.286. The van der Waals surface area contributed by atoms with Gasteiger partial charge in [-0.05, 0) is 54.6 Å². The summed E-state index contributed by atoms with van der Waals surface area (Å²) in [7, 11) is 0. The first-order valence-corrected chi connectivity index (χ1v) is 9.99. The van der Waals surface area contributed by atoms with Crippen LogP contribution in [-0.2, 0) is 4.79 Å². The zero-order valence-corrected chi connectivity index (χ0v) is 17.8. The second-order valence-corrected chi connectivity index (χ2v) is 8.97. The summed E-state index contributed by atoms with van der Waals surface area (Å²) in [6, 6.07) is 15.5. The minimum atomic E-state index is -0.391. The second-order valence-electron chi connectivity index (χ2n) is 6.81. The Morgan fingerprint density at radius 2 is 1.41 bits per heavy atom. The van der Waals surface area contributed by atoms with E-state index in [0.717, 1.165) is 15.5 Å². The molecule has 0 aromatic heterocycles. The number of hydrogen-bond donors (Lipinski definition) is 0. The Kier molecular flexibility index (Phi) is 8.08. The third-order valence-corrected chi connectivity index (χ3v) is 4.90. The topological polar surface area (TPSA) is 35.5 Å². The minimum absolute atomic E-state index is 0.0760. The maximum atomic E-state index is 11.9. The molecule has 0 saturated carbocycles. The van der Waals surface area contributed by atoms with Gasteiger partial charge < -0.3 is 9.47 Å². The monoisotopic (exact) mass is 424 g/mol. The van der Waals surface area contributed by atoms with Gasteiger partial charge in [-0.25, -0.2) is 0 Å². The first kappa shape index (κ1) is 21.7. The summed E-state index contributed by atoms with van der Waals surface area (Å²) in [5, 5.41) is 0. The molecule has 2 aromatic carbocycles. The van der Waals surface area contributed by atoms with Crippen molar-refractivity contribution in [3.8, 4) is 11.5 Å². The van der Waals surface area contributed by atoms with Crippen LogP contribution in [0.2, 0.25) is 0 Å². The maximum absolute atomic E-state index is 11.9. The van der Waals surface area contributed by atoms with E-state index in [4.69, 9.17) is 32.7 Å². The maximum Gasteiger partial charge on any atom is 0.175 e. The molecule has 0 atom stereocenters. The van der Waals surface area contributed by atoms with Gasteiger partial charge in [-0.15, -0.1) is 0 Å². The molecule has 0 N–H and O–H groups in total. The van der Waals surface area contributed by atoms with Crippen LogP contribution < -0.4 is 9.47 Å². The van der Waals surface area contributed by atoms with E-state index >= 15 is 0 Å². The van der Waals surface area contributed by atoms with Gasteiger partial charge in [0.2, 0.25) is 0 Å². The van der Waals surface area contributed by atoms with Crippen LogP contribution in [0.15, 0.2) is 68.9 Å².